The summed E-state index contributed by atoms with van der Waals surface area (Å²) in [6.45, 7) is 0.316. The number of benzene rings is 1. The first-order valence-corrected chi connectivity index (χ1v) is 5.77. The highest BCUT2D eigenvalue weighted by Crippen LogP contribution is 2.30. The van der Waals surface area contributed by atoms with Crippen molar-refractivity contribution in [2.24, 2.45) is 5.73 Å². The van der Waals surface area contributed by atoms with Crippen LogP contribution in [-0.4, -0.2) is 4.98 Å². The minimum Gasteiger partial charge on any atom is -0.437 e. The number of nitrogens with zero attached hydrogens (tertiary/aromatic N) is 1. The lowest BCUT2D eigenvalue weighted by molar-refractivity contribution is 0.449. The zero-order valence-corrected chi connectivity index (χ0v) is 10.4. The number of nitrogens with two attached hydrogens (primary N) is 1. The van der Waals surface area contributed by atoms with E-state index in [-0.39, 0.29) is 5.82 Å². The molecule has 0 unspecified atom stereocenters. The Morgan fingerprint density at radius 3 is 2.94 bits per heavy atom. The third kappa shape index (κ3) is 2.81. The highest BCUT2D eigenvalue weighted by atomic mass is 79.9. The van der Waals surface area contributed by atoms with Crippen LogP contribution in [0.5, 0.6) is 11.6 Å². The van der Waals surface area contributed by atoms with E-state index in [0.717, 1.165) is 5.56 Å². The largest absolute Gasteiger partial charge is 0.437 e. The van der Waals surface area contributed by atoms with Crippen LogP contribution in [0.4, 0.5) is 4.39 Å². The second-order valence-corrected chi connectivity index (χ2v) is 4.20. The Balaban J connectivity index is 2.34. The minimum atomic E-state index is -0.367. The van der Waals surface area contributed by atoms with Crippen molar-refractivity contribution < 1.29 is 9.13 Å². The van der Waals surface area contributed by atoms with Crippen molar-refractivity contribution in [1.82, 2.24) is 4.98 Å². The molecule has 1 aromatic carbocycles. The van der Waals surface area contributed by atoms with Crippen LogP contribution in [0.25, 0.3) is 0 Å². The summed E-state index contributed by atoms with van der Waals surface area (Å²) in [6, 6.07) is 7.80. The number of hydrogen-bond acceptors (Lipinski definition) is 3. The van der Waals surface area contributed by atoms with E-state index in [4.69, 9.17) is 10.5 Å². The maximum absolute atomic E-state index is 13.1. The first-order chi connectivity index (χ1) is 8.20. The number of hydrogen-bond donors (Lipinski definition) is 1. The molecule has 0 aliphatic rings. The summed E-state index contributed by atoms with van der Waals surface area (Å²) in [7, 11) is 0. The Bertz CT molecular complexity index is 534. The minimum absolute atomic E-state index is 0.316. The molecular formula is C12H10BrFN2O. The van der Waals surface area contributed by atoms with Crippen molar-refractivity contribution >= 4 is 15.9 Å². The van der Waals surface area contributed by atoms with Gasteiger partial charge in [0.15, 0.2) is 0 Å². The quantitative estimate of drug-likeness (QED) is 0.946. The van der Waals surface area contributed by atoms with Gasteiger partial charge in [0.1, 0.15) is 11.6 Å². The fraction of sp³-hybridized carbons (Fsp3) is 0.0833. The number of rotatable bonds is 3. The first-order valence-electron chi connectivity index (χ1n) is 4.97. The monoisotopic (exact) mass is 296 g/mol. The van der Waals surface area contributed by atoms with Crippen LogP contribution in [0.2, 0.25) is 0 Å². The van der Waals surface area contributed by atoms with Gasteiger partial charge in [-0.05, 0) is 34.1 Å². The van der Waals surface area contributed by atoms with E-state index in [1.54, 1.807) is 18.3 Å². The Labute approximate surface area is 107 Å². The Kier molecular flexibility index (Phi) is 3.71. The Morgan fingerprint density at radius 1 is 1.35 bits per heavy atom. The first kappa shape index (κ1) is 12.0. The second-order valence-electron chi connectivity index (χ2n) is 3.35. The molecular weight excluding hydrogens is 287 g/mol. The van der Waals surface area contributed by atoms with Crippen molar-refractivity contribution in [3.05, 3.63) is 52.4 Å². The lowest BCUT2D eigenvalue weighted by Gasteiger charge is -2.09. The summed E-state index contributed by atoms with van der Waals surface area (Å²) in [4.78, 5) is 4.07. The van der Waals surface area contributed by atoms with Crippen LogP contribution in [0, 0.1) is 5.82 Å². The predicted octanol–water partition coefficient (Wildman–Crippen LogP) is 3.23. The highest BCUT2D eigenvalue weighted by molar-refractivity contribution is 9.10. The van der Waals surface area contributed by atoms with Crippen LogP contribution < -0.4 is 10.5 Å². The molecule has 2 rings (SSSR count). The maximum atomic E-state index is 13.1. The molecule has 0 saturated heterocycles. The predicted molar refractivity (Wildman–Crippen MR) is 66.3 cm³/mol. The van der Waals surface area contributed by atoms with E-state index >= 15 is 0 Å². The fourth-order valence-corrected chi connectivity index (χ4v) is 1.66. The fourth-order valence-electron chi connectivity index (χ4n) is 1.33. The zero-order valence-electron chi connectivity index (χ0n) is 8.86. The van der Waals surface area contributed by atoms with Gasteiger partial charge < -0.3 is 10.5 Å². The Hall–Kier alpha value is -1.46. The molecule has 0 radical (unpaired) electrons. The molecule has 0 aliphatic carbocycles. The van der Waals surface area contributed by atoms with Gasteiger partial charge in [0.05, 0.1) is 4.47 Å². The Morgan fingerprint density at radius 2 is 2.18 bits per heavy atom. The van der Waals surface area contributed by atoms with Crippen molar-refractivity contribution in [2.45, 2.75) is 6.54 Å². The maximum Gasteiger partial charge on any atom is 0.223 e. The summed E-state index contributed by atoms with van der Waals surface area (Å²) in [5, 5.41) is 0. The van der Waals surface area contributed by atoms with E-state index in [0.29, 0.717) is 22.6 Å². The molecule has 1 aromatic heterocycles. The lowest BCUT2D eigenvalue weighted by Crippen LogP contribution is -2.01. The molecule has 3 nitrogen and oxygen atoms in total. The standard InChI is InChI=1S/C12H10BrFN2O/c13-10-4-3-9(14)6-11(10)17-12-8(7-15)2-1-5-16-12/h1-6H,7,15H2. The van der Waals surface area contributed by atoms with Crippen molar-refractivity contribution in [3.8, 4) is 11.6 Å². The molecule has 88 valence electrons. The molecule has 0 spiro atoms. The van der Waals surface area contributed by atoms with Crippen LogP contribution in [0.3, 0.4) is 0 Å². The van der Waals surface area contributed by atoms with Gasteiger partial charge in [-0.25, -0.2) is 9.37 Å². The van der Waals surface area contributed by atoms with Gasteiger partial charge in [-0.2, -0.15) is 0 Å². The molecule has 2 aromatic rings. The zero-order chi connectivity index (χ0) is 12.3. The SMILES string of the molecule is NCc1cccnc1Oc1cc(F)ccc1Br. The number of aromatic nitrogens is 1. The van der Waals surface area contributed by atoms with Crippen LogP contribution in [0.1, 0.15) is 5.56 Å². The van der Waals surface area contributed by atoms with Gasteiger partial charge in [0, 0.05) is 24.4 Å². The second kappa shape index (κ2) is 5.25. The van der Waals surface area contributed by atoms with Crippen molar-refractivity contribution in [3.63, 3.8) is 0 Å². The molecule has 0 atom stereocenters. The lowest BCUT2D eigenvalue weighted by atomic mass is 10.3. The molecule has 5 heteroatoms. The summed E-state index contributed by atoms with van der Waals surface area (Å²) < 4.78 is 19.3. The average molecular weight is 297 g/mol. The molecule has 0 amide bonds. The molecule has 17 heavy (non-hydrogen) atoms. The van der Waals surface area contributed by atoms with Crippen LogP contribution >= 0.6 is 15.9 Å². The van der Waals surface area contributed by atoms with Crippen LogP contribution in [-0.2, 0) is 6.54 Å². The molecule has 0 aliphatic heterocycles. The third-order valence-corrected chi connectivity index (χ3v) is 2.82. The number of ether oxygens (including phenoxy) is 1. The van der Waals surface area contributed by atoms with Crippen molar-refractivity contribution in [1.29, 1.82) is 0 Å². The third-order valence-electron chi connectivity index (χ3n) is 2.17. The number of pyridine rings is 1. The topological polar surface area (TPSA) is 48.1 Å². The summed E-state index contributed by atoms with van der Waals surface area (Å²) in [5.74, 6) is 0.396. The van der Waals surface area contributed by atoms with Gasteiger partial charge >= 0.3 is 0 Å². The van der Waals surface area contributed by atoms with E-state index in [2.05, 4.69) is 20.9 Å². The van der Waals surface area contributed by atoms with E-state index in [1.165, 1.54) is 12.1 Å². The van der Waals surface area contributed by atoms with Gasteiger partial charge in [0.25, 0.3) is 0 Å². The molecule has 0 saturated carbocycles. The smallest absolute Gasteiger partial charge is 0.223 e. The average Bonchev–Trinajstić information content (AvgIpc) is 2.34. The van der Waals surface area contributed by atoms with Gasteiger partial charge in [-0.15, -0.1) is 0 Å². The van der Waals surface area contributed by atoms with Gasteiger partial charge in [-0.1, -0.05) is 6.07 Å². The molecule has 0 fully saturated rings. The van der Waals surface area contributed by atoms with E-state index in [9.17, 15) is 4.39 Å². The van der Waals surface area contributed by atoms with Gasteiger partial charge in [0.2, 0.25) is 5.88 Å². The summed E-state index contributed by atoms with van der Waals surface area (Å²) in [6.07, 6.45) is 1.60. The van der Waals surface area contributed by atoms with Gasteiger partial charge in [-0.3, -0.25) is 0 Å². The molecule has 0 bridgehead atoms. The van der Waals surface area contributed by atoms with Crippen LogP contribution in [0.15, 0.2) is 41.0 Å². The molecule has 1 heterocycles. The van der Waals surface area contributed by atoms with Crippen molar-refractivity contribution in [2.75, 3.05) is 0 Å². The highest BCUT2D eigenvalue weighted by Gasteiger charge is 2.08. The molecule has 2 N–H and O–H groups in total. The van der Waals surface area contributed by atoms with E-state index in [1.807, 2.05) is 6.07 Å². The summed E-state index contributed by atoms with van der Waals surface area (Å²) >= 11 is 3.28. The normalized spacial score (nSPS) is 10.3. The number of halogens is 2. The summed E-state index contributed by atoms with van der Waals surface area (Å²) in [5.41, 5.74) is 6.33. The van der Waals surface area contributed by atoms with E-state index < -0.39 is 0 Å².